The first-order chi connectivity index (χ1) is 15.5. The fourth-order valence-corrected chi connectivity index (χ4v) is 2.94. The third kappa shape index (κ3) is 5.67. The average Bonchev–Trinajstić information content (AvgIpc) is 2.79. The van der Waals surface area contributed by atoms with Gasteiger partial charge in [-0.2, -0.15) is 5.26 Å². The van der Waals surface area contributed by atoms with Gasteiger partial charge in [-0.25, -0.2) is 0 Å². The van der Waals surface area contributed by atoms with Crippen LogP contribution in [0.15, 0.2) is 78.4 Å². The molecule has 32 heavy (non-hydrogen) atoms. The minimum Gasteiger partial charge on any atom is -0.493 e. The van der Waals surface area contributed by atoms with Crippen LogP contribution in [0.5, 0.6) is 23.0 Å². The van der Waals surface area contributed by atoms with Crippen LogP contribution >= 0.6 is 0 Å². The number of ether oxygens (including phenoxy) is 3. The second kappa shape index (κ2) is 10.7. The lowest BCUT2D eigenvalue weighted by atomic mass is 10.1. The molecule has 0 radical (unpaired) electrons. The van der Waals surface area contributed by atoms with Gasteiger partial charge in [0.05, 0.1) is 18.9 Å². The Kier molecular flexibility index (Phi) is 7.50. The van der Waals surface area contributed by atoms with Crippen molar-refractivity contribution in [3.63, 3.8) is 0 Å². The van der Waals surface area contributed by atoms with Crippen LogP contribution in [0.4, 0.5) is 5.69 Å². The third-order valence-electron chi connectivity index (χ3n) is 4.35. The van der Waals surface area contributed by atoms with Crippen LogP contribution < -0.4 is 19.5 Å². The van der Waals surface area contributed by atoms with Gasteiger partial charge in [-0.15, -0.1) is 0 Å². The van der Waals surface area contributed by atoms with Crippen molar-refractivity contribution in [2.45, 2.75) is 20.0 Å². The molecule has 1 N–H and O–H groups in total. The molecule has 0 aromatic heterocycles. The molecule has 3 aromatic carbocycles. The summed E-state index contributed by atoms with van der Waals surface area (Å²) in [6.45, 7) is 3.78. The Morgan fingerprint density at radius 1 is 0.969 bits per heavy atom. The summed E-state index contributed by atoms with van der Waals surface area (Å²) in [6, 6.07) is 23.5. The van der Waals surface area contributed by atoms with Crippen molar-refractivity contribution >= 4 is 17.7 Å². The number of para-hydroxylation sites is 4. The van der Waals surface area contributed by atoms with Gasteiger partial charge in [0.25, 0.3) is 5.91 Å². The largest absolute Gasteiger partial charge is 0.493 e. The highest BCUT2D eigenvalue weighted by molar-refractivity contribution is 6.10. The number of rotatable bonds is 8. The monoisotopic (exact) mass is 428 g/mol. The van der Waals surface area contributed by atoms with Crippen LogP contribution in [0.2, 0.25) is 0 Å². The quantitative estimate of drug-likeness (QED) is 0.361. The van der Waals surface area contributed by atoms with Crippen molar-refractivity contribution in [1.82, 2.24) is 0 Å². The molecule has 0 aliphatic carbocycles. The number of nitriles is 1. The smallest absolute Gasteiger partial charge is 0.266 e. The Bertz CT molecular complexity index is 1150. The molecule has 0 saturated heterocycles. The van der Waals surface area contributed by atoms with Crippen LogP contribution in [0, 0.1) is 11.3 Å². The van der Waals surface area contributed by atoms with Crippen molar-refractivity contribution < 1.29 is 19.0 Å². The molecule has 0 aliphatic rings. The fourth-order valence-electron chi connectivity index (χ4n) is 2.94. The molecule has 0 aliphatic heterocycles. The first kappa shape index (κ1) is 22.4. The van der Waals surface area contributed by atoms with Gasteiger partial charge < -0.3 is 19.5 Å². The fraction of sp³-hybridized carbons (Fsp3) is 0.154. The SMILES string of the molecule is COc1cccc(/C=C(\C#N)C(=O)Nc2ccccc2Oc2ccccc2)c1OC(C)C. The van der Waals surface area contributed by atoms with Gasteiger partial charge in [-0.1, -0.05) is 42.5 Å². The lowest BCUT2D eigenvalue weighted by Gasteiger charge is -2.16. The summed E-state index contributed by atoms with van der Waals surface area (Å²) in [4.78, 5) is 12.9. The normalized spacial score (nSPS) is 10.9. The molecular formula is C26H24N2O4. The first-order valence-corrected chi connectivity index (χ1v) is 10.1. The number of carbonyl (C=O) groups excluding carboxylic acids is 1. The summed E-state index contributed by atoms with van der Waals surface area (Å²) >= 11 is 0. The predicted octanol–water partition coefficient (Wildman–Crippen LogP) is 5.82. The summed E-state index contributed by atoms with van der Waals surface area (Å²) in [7, 11) is 1.54. The lowest BCUT2D eigenvalue weighted by molar-refractivity contribution is -0.112. The van der Waals surface area contributed by atoms with Gasteiger partial charge >= 0.3 is 0 Å². The van der Waals surface area contributed by atoms with E-state index < -0.39 is 5.91 Å². The molecule has 0 atom stereocenters. The van der Waals surface area contributed by atoms with E-state index in [-0.39, 0.29) is 11.7 Å². The van der Waals surface area contributed by atoms with Crippen molar-refractivity contribution in [3.8, 4) is 29.1 Å². The number of nitrogens with zero attached hydrogens (tertiary/aromatic N) is 1. The number of amides is 1. The number of anilines is 1. The van der Waals surface area contributed by atoms with Crippen molar-refractivity contribution in [2.75, 3.05) is 12.4 Å². The van der Waals surface area contributed by atoms with Crippen LogP contribution in [0.3, 0.4) is 0 Å². The minimum absolute atomic E-state index is 0.0821. The van der Waals surface area contributed by atoms with E-state index in [0.717, 1.165) is 0 Å². The van der Waals surface area contributed by atoms with Crippen molar-refractivity contribution in [1.29, 1.82) is 5.26 Å². The van der Waals surface area contributed by atoms with E-state index in [2.05, 4.69) is 5.32 Å². The second-order valence-electron chi connectivity index (χ2n) is 7.08. The van der Waals surface area contributed by atoms with E-state index in [9.17, 15) is 10.1 Å². The van der Waals surface area contributed by atoms with Crippen LogP contribution in [-0.2, 0) is 4.79 Å². The van der Waals surface area contributed by atoms with E-state index in [4.69, 9.17) is 14.2 Å². The lowest BCUT2D eigenvalue weighted by Crippen LogP contribution is -2.14. The molecular weight excluding hydrogens is 404 g/mol. The van der Waals surface area contributed by atoms with Crippen LogP contribution in [0.1, 0.15) is 19.4 Å². The zero-order valence-electron chi connectivity index (χ0n) is 18.2. The molecule has 0 saturated carbocycles. The summed E-state index contributed by atoms with van der Waals surface area (Å²) in [6.07, 6.45) is 1.37. The Morgan fingerprint density at radius 2 is 1.66 bits per heavy atom. The molecule has 0 fully saturated rings. The van der Waals surface area contributed by atoms with Gasteiger partial charge in [0.1, 0.15) is 17.4 Å². The van der Waals surface area contributed by atoms with E-state index in [1.165, 1.54) is 13.2 Å². The highest BCUT2D eigenvalue weighted by Gasteiger charge is 2.16. The van der Waals surface area contributed by atoms with Crippen molar-refractivity contribution in [2.24, 2.45) is 0 Å². The number of hydrogen-bond donors (Lipinski definition) is 1. The van der Waals surface area contributed by atoms with E-state index in [1.807, 2.05) is 50.2 Å². The second-order valence-corrected chi connectivity index (χ2v) is 7.08. The van der Waals surface area contributed by atoms with Gasteiger partial charge in [-0.05, 0) is 50.3 Å². The molecule has 162 valence electrons. The van der Waals surface area contributed by atoms with E-state index in [0.29, 0.717) is 34.2 Å². The minimum atomic E-state index is -0.560. The summed E-state index contributed by atoms with van der Waals surface area (Å²) in [5.41, 5.74) is 0.937. The third-order valence-corrected chi connectivity index (χ3v) is 4.35. The zero-order chi connectivity index (χ0) is 22.9. The summed E-state index contributed by atoms with van der Waals surface area (Å²) in [5.74, 6) is 1.53. The highest BCUT2D eigenvalue weighted by Crippen LogP contribution is 2.34. The number of methoxy groups -OCH3 is 1. The molecule has 0 heterocycles. The molecule has 0 unspecified atom stereocenters. The van der Waals surface area contributed by atoms with Gasteiger partial charge in [0, 0.05) is 5.56 Å². The summed E-state index contributed by atoms with van der Waals surface area (Å²) in [5, 5.41) is 12.4. The summed E-state index contributed by atoms with van der Waals surface area (Å²) < 4.78 is 17.1. The molecule has 6 heteroatoms. The molecule has 3 aromatic rings. The average molecular weight is 428 g/mol. The molecule has 1 amide bonds. The molecule has 0 bridgehead atoms. The Morgan fingerprint density at radius 3 is 2.34 bits per heavy atom. The Balaban J connectivity index is 1.89. The Labute approximate surface area is 187 Å². The maximum Gasteiger partial charge on any atom is 0.266 e. The maximum absolute atomic E-state index is 12.9. The Hall–Kier alpha value is -4.24. The van der Waals surface area contributed by atoms with Gasteiger partial charge in [0.15, 0.2) is 17.2 Å². The predicted molar refractivity (Wildman–Crippen MR) is 124 cm³/mol. The molecule has 6 nitrogen and oxygen atoms in total. The number of carbonyl (C=O) groups is 1. The van der Waals surface area contributed by atoms with E-state index in [1.54, 1.807) is 42.5 Å². The van der Waals surface area contributed by atoms with Crippen LogP contribution in [0.25, 0.3) is 6.08 Å². The maximum atomic E-state index is 12.9. The number of nitrogens with one attached hydrogen (secondary N) is 1. The van der Waals surface area contributed by atoms with Gasteiger partial charge in [0.2, 0.25) is 0 Å². The van der Waals surface area contributed by atoms with Gasteiger partial charge in [-0.3, -0.25) is 4.79 Å². The topological polar surface area (TPSA) is 80.6 Å². The molecule has 0 spiro atoms. The molecule has 3 rings (SSSR count). The zero-order valence-corrected chi connectivity index (χ0v) is 18.2. The van der Waals surface area contributed by atoms with E-state index >= 15 is 0 Å². The first-order valence-electron chi connectivity index (χ1n) is 10.1. The van der Waals surface area contributed by atoms with Crippen LogP contribution in [-0.4, -0.2) is 19.1 Å². The highest BCUT2D eigenvalue weighted by atomic mass is 16.5. The number of hydrogen-bond acceptors (Lipinski definition) is 5. The number of benzene rings is 3. The standard InChI is InChI=1S/C26H24N2O4/c1-18(2)31-25-19(10-9-15-24(25)30-3)16-20(17-27)26(29)28-22-13-7-8-14-23(22)32-21-11-5-4-6-12-21/h4-16,18H,1-3H3,(H,28,29)/b20-16+. The van der Waals surface area contributed by atoms with Crippen molar-refractivity contribution in [3.05, 3.63) is 83.9 Å².